The van der Waals surface area contributed by atoms with Gasteiger partial charge in [0.1, 0.15) is 23.7 Å². The maximum atomic E-state index is 10.8. The first kappa shape index (κ1) is 21.3. The molecule has 0 spiro atoms. The molecule has 27 heavy (non-hydrogen) atoms. The molecule has 6 nitrogen and oxygen atoms in total. The molecular formula is C19H22O6S2. The van der Waals surface area contributed by atoms with Gasteiger partial charge in [0.15, 0.2) is 4.71 Å². The Morgan fingerprint density at radius 2 is 2.04 bits per heavy atom. The van der Waals surface area contributed by atoms with Crippen LogP contribution in [0, 0.1) is 4.71 Å². The number of methoxy groups -OCH3 is 1. The van der Waals surface area contributed by atoms with Crippen molar-refractivity contribution in [1.82, 2.24) is 0 Å². The number of rotatable bonds is 12. The number of thioether (sulfide) groups is 1. The van der Waals surface area contributed by atoms with E-state index in [1.807, 2.05) is 12.1 Å². The van der Waals surface area contributed by atoms with Crippen LogP contribution in [0.4, 0.5) is 0 Å². The lowest BCUT2D eigenvalue weighted by molar-refractivity contribution is -0.139. The van der Waals surface area contributed by atoms with Gasteiger partial charge in [-0.1, -0.05) is 6.58 Å². The molecule has 1 aromatic carbocycles. The average molecular weight is 411 g/mol. The molecule has 1 aromatic heterocycles. The van der Waals surface area contributed by atoms with Crippen LogP contribution in [0.25, 0.3) is 11.0 Å². The minimum Gasteiger partial charge on any atom is -0.497 e. The van der Waals surface area contributed by atoms with Crippen LogP contribution in [0.5, 0.6) is 11.5 Å². The molecule has 0 unspecified atom stereocenters. The highest BCUT2D eigenvalue weighted by Crippen LogP contribution is 2.29. The van der Waals surface area contributed by atoms with Gasteiger partial charge < -0.3 is 23.4 Å². The second-order valence-electron chi connectivity index (χ2n) is 5.24. The predicted molar refractivity (Wildman–Crippen MR) is 108 cm³/mol. The maximum Gasteiger partial charge on any atom is 0.330 e. The van der Waals surface area contributed by atoms with Crippen LogP contribution < -0.4 is 9.47 Å². The molecule has 8 heteroatoms. The highest BCUT2D eigenvalue weighted by Gasteiger charge is 2.07. The third-order valence-corrected chi connectivity index (χ3v) is 4.52. The molecule has 146 valence electrons. The molecule has 0 aliphatic rings. The van der Waals surface area contributed by atoms with Crippen molar-refractivity contribution in [2.24, 2.45) is 0 Å². The molecule has 2 rings (SSSR count). The number of hydrogen-bond acceptors (Lipinski definition) is 8. The Morgan fingerprint density at radius 1 is 1.22 bits per heavy atom. The molecule has 0 atom stereocenters. The van der Waals surface area contributed by atoms with Crippen LogP contribution in [0.15, 0.2) is 41.3 Å². The SMILES string of the molecule is C=CC(=O)OCCOCCSCCOc1cc(=S)oc2cc(OC)ccc12. The highest BCUT2D eigenvalue weighted by molar-refractivity contribution is 7.99. The van der Waals surface area contributed by atoms with E-state index >= 15 is 0 Å². The van der Waals surface area contributed by atoms with Crippen LogP contribution >= 0.6 is 24.0 Å². The summed E-state index contributed by atoms with van der Waals surface area (Å²) in [5.41, 5.74) is 0.634. The summed E-state index contributed by atoms with van der Waals surface area (Å²) in [7, 11) is 1.60. The second kappa shape index (κ2) is 11.6. The monoisotopic (exact) mass is 410 g/mol. The summed E-state index contributed by atoms with van der Waals surface area (Å²) < 4.78 is 27.2. The molecule has 0 fully saturated rings. The van der Waals surface area contributed by atoms with Gasteiger partial charge in [0.05, 0.1) is 32.3 Å². The first-order valence-electron chi connectivity index (χ1n) is 8.33. The molecule has 0 bridgehead atoms. The van der Waals surface area contributed by atoms with Crippen LogP contribution in [0.2, 0.25) is 0 Å². The van der Waals surface area contributed by atoms with E-state index in [4.69, 9.17) is 35.6 Å². The van der Waals surface area contributed by atoms with Crippen LogP contribution in [0.1, 0.15) is 0 Å². The zero-order valence-corrected chi connectivity index (χ0v) is 16.7. The second-order valence-corrected chi connectivity index (χ2v) is 6.86. The number of esters is 1. The van der Waals surface area contributed by atoms with Gasteiger partial charge in [-0.3, -0.25) is 0 Å². The fourth-order valence-corrected chi connectivity index (χ4v) is 2.99. The first-order chi connectivity index (χ1) is 13.1. The number of ether oxygens (including phenoxy) is 4. The zero-order valence-electron chi connectivity index (χ0n) is 15.1. The lowest BCUT2D eigenvalue weighted by atomic mass is 10.2. The standard InChI is InChI=1S/C19H22O6S2/c1-3-18(20)24-7-6-22-8-10-27-11-9-23-16-13-19(26)25-17-12-14(21-2)4-5-15(16)17/h3-5,12-13H,1,6-11H2,2H3. The van der Waals surface area contributed by atoms with Gasteiger partial charge in [0.2, 0.25) is 0 Å². The van der Waals surface area contributed by atoms with E-state index in [1.54, 1.807) is 31.0 Å². The van der Waals surface area contributed by atoms with Crippen LogP contribution in [-0.4, -0.2) is 51.0 Å². The largest absolute Gasteiger partial charge is 0.497 e. The number of carbonyl (C=O) groups is 1. The van der Waals surface area contributed by atoms with Crippen LogP contribution in [0.3, 0.4) is 0 Å². The Hall–Kier alpha value is -2.03. The van der Waals surface area contributed by atoms with Crippen molar-refractivity contribution in [2.75, 3.05) is 45.0 Å². The number of benzene rings is 1. The van der Waals surface area contributed by atoms with E-state index in [-0.39, 0.29) is 6.61 Å². The molecule has 0 aliphatic carbocycles. The number of hydrogen-bond donors (Lipinski definition) is 0. The van der Waals surface area contributed by atoms with E-state index in [2.05, 4.69) is 6.58 Å². The Labute approximate surface area is 167 Å². The molecule has 0 saturated heterocycles. The van der Waals surface area contributed by atoms with Gasteiger partial charge in [-0.25, -0.2) is 4.79 Å². The summed E-state index contributed by atoms with van der Waals surface area (Å²) in [5.74, 6) is 2.60. The molecule has 0 radical (unpaired) electrons. The summed E-state index contributed by atoms with van der Waals surface area (Å²) >= 11 is 6.87. The van der Waals surface area contributed by atoms with Crippen molar-refractivity contribution in [1.29, 1.82) is 0 Å². The molecule has 0 saturated carbocycles. The lowest BCUT2D eigenvalue weighted by Gasteiger charge is -2.10. The third kappa shape index (κ3) is 7.24. The lowest BCUT2D eigenvalue weighted by Crippen LogP contribution is -2.10. The van der Waals surface area contributed by atoms with Gasteiger partial charge in [0, 0.05) is 29.7 Å². The maximum absolute atomic E-state index is 10.8. The van der Waals surface area contributed by atoms with E-state index in [9.17, 15) is 4.79 Å². The smallest absolute Gasteiger partial charge is 0.330 e. The summed E-state index contributed by atoms with van der Waals surface area (Å²) in [6, 6.07) is 7.24. The third-order valence-electron chi connectivity index (χ3n) is 3.41. The van der Waals surface area contributed by atoms with Gasteiger partial charge in [-0.2, -0.15) is 11.8 Å². The average Bonchev–Trinajstić information content (AvgIpc) is 2.68. The van der Waals surface area contributed by atoms with Crippen molar-refractivity contribution < 1.29 is 28.2 Å². The van der Waals surface area contributed by atoms with Crippen molar-refractivity contribution in [3.8, 4) is 11.5 Å². The topological polar surface area (TPSA) is 67.1 Å². The Balaban J connectivity index is 1.68. The summed E-state index contributed by atoms with van der Waals surface area (Å²) in [6.45, 7) is 5.06. The molecule has 0 N–H and O–H groups in total. The van der Waals surface area contributed by atoms with Crippen molar-refractivity contribution in [3.05, 3.63) is 41.6 Å². The fourth-order valence-electron chi connectivity index (χ4n) is 2.15. The minimum atomic E-state index is -0.438. The Kier molecular flexibility index (Phi) is 9.17. The predicted octanol–water partition coefficient (Wildman–Crippen LogP) is 4.03. The summed E-state index contributed by atoms with van der Waals surface area (Å²) in [5, 5.41) is 0.854. The van der Waals surface area contributed by atoms with Crippen molar-refractivity contribution in [3.63, 3.8) is 0 Å². The fraction of sp³-hybridized carbons (Fsp3) is 0.368. The van der Waals surface area contributed by atoms with Gasteiger partial charge in [-0.05, 0) is 24.4 Å². The van der Waals surface area contributed by atoms with Gasteiger partial charge >= 0.3 is 5.97 Å². The Morgan fingerprint density at radius 3 is 2.81 bits per heavy atom. The Bertz CT molecular complexity index is 817. The quantitative estimate of drug-likeness (QED) is 0.225. The first-order valence-corrected chi connectivity index (χ1v) is 9.89. The van der Waals surface area contributed by atoms with E-state index in [0.717, 1.165) is 23.0 Å². The van der Waals surface area contributed by atoms with Crippen LogP contribution in [-0.2, 0) is 14.3 Å². The van der Waals surface area contributed by atoms with Gasteiger partial charge in [-0.15, -0.1) is 0 Å². The van der Waals surface area contributed by atoms with E-state index in [1.165, 1.54) is 0 Å². The molecular weight excluding hydrogens is 388 g/mol. The zero-order chi connectivity index (χ0) is 19.5. The van der Waals surface area contributed by atoms with Crippen molar-refractivity contribution >= 4 is 40.9 Å². The normalized spacial score (nSPS) is 10.6. The molecule has 0 aliphatic heterocycles. The van der Waals surface area contributed by atoms with Crippen molar-refractivity contribution in [2.45, 2.75) is 0 Å². The minimum absolute atomic E-state index is 0.235. The van der Waals surface area contributed by atoms with E-state index in [0.29, 0.717) is 41.6 Å². The van der Waals surface area contributed by atoms with E-state index < -0.39 is 5.97 Å². The number of carbonyl (C=O) groups excluding carboxylic acids is 1. The molecule has 0 amide bonds. The number of fused-ring (bicyclic) bond motifs is 1. The van der Waals surface area contributed by atoms with Gasteiger partial charge in [0.25, 0.3) is 0 Å². The highest BCUT2D eigenvalue weighted by atomic mass is 32.2. The summed E-state index contributed by atoms with van der Waals surface area (Å²) in [4.78, 5) is 10.8. The molecule has 2 aromatic rings. The molecule has 1 heterocycles. The summed E-state index contributed by atoms with van der Waals surface area (Å²) in [6.07, 6.45) is 1.13.